The van der Waals surface area contributed by atoms with Gasteiger partial charge in [0.15, 0.2) is 0 Å². The van der Waals surface area contributed by atoms with Crippen LogP contribution in [0.4, 0.5) is 0 Å². The van der Waals surface area contributed by atoms with E-state index < -0.39 is 0 Å². The van der Waals surface area contributed by atoms with Crippen LogP contribution in [0.5, 0.6) is 0 Å². The lowest BCUT2D eigenvalue weighted by molar-refractivity contribution is 0.667. The Morgan fingerprint density at radius 1 is 1.25 bits per heavy atom. The van der Waals surface area contributed by atoms with Crippen LogP contribution in [0.3, 0.4) is 0 Å². The van der Waals surface area contributed by atoms with Gasteiger partial charge in [-0.2, -0.15) is 0 Å². The maximum atomic E-state index is 3.40. The molecule has 1 nitrogen and oxygen atoms in total. The lowest BCUT2D eigenvalue weighted by Gasteiger charge is -2.10. The molecule has 1 aliphatic heterocycles. The van der Waals surface area contributed by atoms with Crippen LogP contribution in [0.2, 0.25) is 0 Å². The zero-order chi connectivity index (χ0) is 8.23. The number of hydrogen-bond acceptors (Lipinski definition) is 1. The molecule has 1 unspecified atom stereocenters. The monoisotopic (exact) mass is 161 g/mol. The molecule has 0 aromatic rings. The highest BCUT2D eigenvalue weighted by Crippen LogP contribution is 2.22. The minimum atomic E-state index is 0.789. The standard InChI is InChI=1S/C11H15N/c1-2-4-6-10(5-3-1)11-7-8-12-9-11/h1-5,11-12H,6-9H2. The molecule has 0 saturated carbocycles. The van der Waals surface area contributed by atoms with Gasteiger partial charge < -0.3 is 5.32 Å². The van der Waals surface area contributed by atoms with Crippen LogP contribution in [-0.4, -0.2) is 13.1 Å². The Balaban J connectivity index is 2.06. The summed E-state index contributed by atoms with van der Waals surface area (Å²) in [4.78, 5) is 0. The van der Waals surface area contributed by atoms with Gasteiger partial charge in [-0.1, -0.05) is 36.0 Å². The molecule has 1 aliphatic carbocycles. The van der Waals surface area contributed by atoms with Crippen LogP contribution in [0.15, 0.2) is 36.0 Å². The first-order chi connectivity index (χ1) is 5.97. The SMILES string of the molecule is C1=CC=C(C2CCNC2)CC=C1. The van der Waals surface area contributed by atoms with Crippen molar-refractivity contribution in [1.82, 2.24) is 5.32 Å². The molecule has 0 amide bonds. The summed E-state index contributed by atoms with van der Waals surface area (Å²) in [5, 5.41) is 3.40. The second-order valence-corrected chi connectivity index (χ2v) is 3.45. The molecule has 0 bridgehead atoms. The molecule has 1 fully saturated rings. The van der Waals surface area contributed by atoms with E-state index in [4.69, 9.17) is 0 Å². The van der Waals surface area contributed by atoms with Crippen molar-refractivity contribution in [3.8, 4) is 0 Å². The zero-order valence-electron chi connectivity index (χ0n) is 7.29. The highest BCUT2D eigenvalue weighted by molar-refractivity contribution is 5.25. The minimum absolute atomic E-state index is 0.789. The zero-order valence-corrected chi connectivity index (χ0v) is 7.29. The highest BCUT2D eigenvalue weighted by atomic mass is 14.9. The summed E-state index contributed by atoms with van der Waals surface area (Å²) in [6, 6.07) is 0. The predicted octanol–water partition coefficient (Wildman–Crippen LogP) is 2.04. The lowest BCUT2D eigenvalue weighted by atomic mass is 9.95. The molecular weight excluding hydrogens is 146 g/mol. The lowest BCUT2D eigenvalue weighted by Crippen LogP contribution is -2.10. The Morgan fingerprint density at radius 2 is 2.25 bits per heavy atom. The van der Waals surface area contributed by atoms with Crippen molar-refractivity contribution in [2.75, 3.05) is 13.1 Å². The van der Waals surface area contributed by atoms with Gasteiger partial charge in [0.25, 0.3) is 0 Å². The maximum absolute atomic E-state index is 3.40. The van der Waals surface area contributed by atoms with E-state index in [-0.39, 0.29) is 0 Å². The molecule has 0 radical (unpaired) electrons. The van der Waals surface area contributed by atoms with Crippen molar-refractivity contribution in [3.05, 3.63) is 36.0 Å². The van der Waals surface area contributed by atoms with Crippen LogP contribution >= 0.6 is 0 Å². The van der Waals surface area contributed by atoms with Crippen molar-refractivity contribution in [1.29, 1.82) is 0 Å². The Labute approximate surface area is 73.9 Å². The molecule has 64 valence electrons. The number of allylic oxidation sites excluding steroid dienone is 5. The van der Waals surface area contributed by atoms with E-state index in [0.29, 0.717) is 0 Å². The highest BCUT2D eigenvalue weighted by Gasteiger charge is 2.17. The van der Waals surface area contributed by atoms with Crippen molar-refractivity contribution < 1.29 is 0 Å². The van der Waals surface area contributed by atoms with Gasteiger partial charge >= 0.3 is 0 Å². The first kappa shape index (κ1) is 7.81. The van der Waals surface area contributed by atoms with Crippen molar-refractivity contribution in [2.45, 2.75) is 12.8 Å². The third-order valence-corrected chi connectivity index (χ3v) is 2.61. The van der Waals surface area contributed by atoms with E-state index in [1.165, 1.54) is 19.5 Å². The summed E-state index contributed by atoms with van der Waals surface area (Å²) < 4.78 is 0. The van der Waals surface area contributed by atoms with E-state index in [1.54, 1.807) is 5.57 Å². The number of nitrogens with one attached hydrogen (secondary N) is 1. The smallest absolute Gasteiger partial charge is 0.00176 e. The summed E-state index contributed by atoms with van der Waals surface area (Å²) in [5.41, 5.74) is 1.59. The van der Waals surface area contributed by atoms with E-state index in [1.807, 2.05) is 0 Å². The quantitative estimate of drug-likeness (QED) is 0.620. The van der Waals surface area contributed by atoms with Gasteiger partial charge in [0, 0.05) is 6.54 Å². The second kappa shape index (κ2) is 3.72. The van der Waals surface area contributed by atoms with Gasteiger partial charge in [-0.15, -0.1) is 0 Å². The van der Waals surface area contributed by atoms with Gasteiger partial charge in [-0.05, 0) is 25.3 Å². The fourth-order valence-corrected chi connectivity index (χ4v) is 1.87. The van der Waals surface area contributed by atoms with Crippen LogP contribution in [0, 0.1) is 5.92 Å². The van der Waals surface area contributed by atoms with E-state index in [9.17, 15) is 0 Å². The summed E-state index contributed by atoms with van der Waals surface area (Å²) in [6.07, 6.45) is 13.4. The van der Waals surface area contributed by atoms with Crippen molar-refractivity contribution >= 4 is 0 Å². The Bertz CT molecular complexity index is 229. The molecule has 2 rings (SSSR count). The number of hydrogen-bond donors (Lipinski definition) is 1. The fraction of sp³-hybridized carbons (Fsp3) is 0.455. The molecule has 1 atom stereocenters. The van der Waals surface area contributed by atoms with Crippen molar-refractivity contribution in [3.63, 3.8) is 0 Å². The molecule has 0 aromatic heterocycles. The summed E-state index contributed by atoms with van der Waals surface area (Å²) in [5.74, 6) is 0.789. The largest absolute Gasteiger partial charge is 0.316 e. The van der Waals surface area contributed by atoms with Crippen molar-refractivity contribution in [2.24, 2.45) is 5.92 Å². The molecule has 1 saturated heterocycles. The van der Waals surface area contributed by atoms with E-state index in [2.05, 4.69) is 35.7 Å². The fourth-order valence-electron chi connectivity index (χ4n) is 1.87. The van der Waals surface area contributed by atoms with Crippen LogP contribution < -0.4 is 5.32 Å². The molecular formula is C11H15N. The summed E-state index contributed by atoms with van der Waals surface area (Å²) in [6.45, 7) is 2.36. The van der Waals surface area contributed by atoms with E-state index >= 15 is 0 Å². The minimum Gasteiger partial charge on any atom is -0.316 e. The summed E-state index contributed by atoms with van der Waals surface area (Å²) >= 11 is 0. The molecule has 1 N–H and O–H groups in total. The molecule has 1 heteroatoms. The van der Waals surface area contributed by atoms with Crippen LogP contribution in [-0.2, 0) is 0 Å². The molecule has 0 aromatic carbocycles. The van der Waals surface area contributed by atoms with Gasteiger partial charge in [-0.3, -0.25) is 0 Å². The normalized spacial score (nSPS) is 28.7. The number of rotatable bonds is 1. The third-order valence-electron chi connectivity index (χ3n) is 2.61. The van der Waals surface area contributed by atoms with Crippen LogP contribution in [0.1, 0.15) is 12.8 Å². The molecule has 12 heavy (non-hydrogen) atoms. The van der Waals surface area contributed by atoms with Gasteiger partial charge in [0.05, 0.1) is 0 Å². The van der Waals surface area contributed by atoms with E-state index in [0.717, 1.165) is 12.3 Å². The molecule has 2 aliphatic rings. The topological polar surface area (TPSA) is 12.0 Å². The van der Waals surface area contributed by atoms with Gasteiger partial charge in [0.1, 0.15) is 0 Å². The second-order valence-electron chi connectivity index (χ2n) is 3.45. The van der Waals surface area contributed by atoms with Gasteiger partial charge in [0.2, 0.25) is 0 Å². The first-order valence-electron chi connectivity index (χ1n) is 4.70. The Kier molecular flexibility index (Phi) is 2.42. The average Bonchev–Trinajstić information content (AvgIpc) is 2.48. The molecule has 0 spiro atoms. The predicted molar refractivity (Wildman–Crippen MR) is 52.0 cm³/mol. The van der Waals surface area contributed by atoms with Gasteiger partial charge in [-0.25, -0.2) is 0 Å². The Morgan fingerprint density at radius 3 is 3.08 bits per heavy atom. The Hall–Kier alpha value is -0.820. The first-order valence-corrected chi connectivity index (χ1v) is 4.70. The van der Waals surface area contributed by atoms with Crippen LogP contribution in [0.25, 0.3) is 0 Å². The maximum Gasteiger partial charge on any atom is 0.00176 e. The third kappa shape index (κ3) is 1.67. The molecule has 1 heterocycles. The average molecular weight is 161 g/mol. The summed E-state index contributed by atoms with van der Waals surface area (Å²) in [7, 11) is 0.